The fourth-order valence-corrected chi connectivity index (χ4v) is 4.90. The van der Waals surface area contributed by atoms with Crippen molar-refractivity contribution in [2.45, 2.75) is 31.2 Å². The molecule has 0 aliphatic carbocycles. The van der Waals surface area contributed by atoms with E-state index in [-0.39, 0.29) is 5.03 Å². The Morgan fingerprint density at radius 2 is 1.64 bits per heavy atom. The standard InChI is InChI=1S/C23H22N2O2S/c1-17(2)19-12-10-18(11-13-19)15-21-16-20-7-3-4-8-22(20)25(21)28(26,27)23-9-5-6-14-24-23/h3-14,16-17H,15H2,1-2H3. The van der Waals surface area contributed by atoms with Crippen LogP contribution >= 0.6 is 0 Å². The van der Waals surface area contributed by atoms with Crippen molar-refractivity contribution < 1.29 is 8.42 Å². The molecule has 5 heteroatoms. The van der Waals surface area contributed by atoms with Crippen LogP contribution < -0.4 is 0 Å². The highest BCUT2D eigenvalue weighted by Gasteiger charge is 2.24. The minimum atomic E-state index is -3.79. The summed E-state index contributed by atoms with van der Waals surface area (Å²) >= 11 is 0. The lowest BCUT2D eigenvalue weighted by atomic mass is 10.0. The number of hydrogen-bond acceptors (Lipinski definition) is 3. The van der Waals surface area contributed by atoms with Gasteiger partial charge in [0, 0.05) is 23.7 Å². The van der Waals surface area contributed by atoms with Crippen molar-refractivity contribution in [2.24, 2.45) is 0 Å². The minimum Gasteiger partial charge on any atom is -0.243 e. The van der Waals surface area contributed by atoms with Crippen LogP contribution in [0.15, 0.2) is 84.0 Å². The van der Waals surface area contributed by atoms with Crippen molar-refractivity contribution in [2.75, 3.05) is 0 Å². The highest BCUT2D eigenvalue weighted by atomic mass is 32.2. The first kappa shape index (κ1) is 18.4. The van der Waals surface area contributed by atoms with Gasteiger partial charge in [0.1, 0.15) is 0 Å². The van der Waals surface area contributed by atoms with Crippen molar-refractivity contribution in [1.82, 2.24) is 8.96 Å². The monoisotopic (exact) mass is 390 g/mol. The van der Waals surface area contributed by atoms with Crippen molar-refractivity contribution >= 4 is 20.9 Å². The van der Waals surface area contributed by atoms with Crippen LogP contribution in [0.1, 0.15) is 36.6 Å². The second kappa shape index (κ2) is 7.24. The number of rotatable bonds is 5. The topological polar surface area (TPSA) is 52.0 Å². The number of fused-ring (bicyclic) bond motifs is 1. The Balaban J connectivity index is 1.84. The molecule has 4 aromatic rings. The van der Waals surface area contributed by atoms with Gasteiger partial charge in [-0.15, -0.1) is 0 Å². The van der Waals surface area contributed by atoms with Crippen molar-refractivity contribution in [3.05, 3.63) is 95.8 Å². The molecule has 28 heavy (non-hydrogen) atoms. The fourth-order valence-electron chi connectivity index (χ4n) is 3.42. The second-order valence-corrected chi connectivity index (χ2v) is 8.94. The van der Waals surface area contributed by atoms with E-state index in [9.17, 15) is 8.42 Å². The molecule has 0 saturated heterocycles. The summed E-state index contributed by atoms with van der Waals surface area (Å²) in [6, 6.07) is 22.8. The molecule has 0 radical (unpaired) electrons. The lowest BCUT2D eigenvalue weighted by Crippen LogP contribution is -2.17. The molecule has 0 amide bonds. The lowest BCUT2D eigenvalue weighted by molar-refractivity contribution is 0.583. The zero-order chi connectivity index (χ0) is 19.7. The Labute approximate surface area is 165 Å². The first-order valence-electron chi connectivity index (χ1n) is 9.31. The van der Waals surface area contributed by atoms with Crippen LogP contribution in [0.2, 0.25) is 0 Å². The number of benzene rings is 2. The molecule has 142 valence electrons. The van der Waals surface area contributed by atoms with Gasteiger partial charge in [-0.1, -0.05) is 62.4 Å². The van der Waals surface area contributed by atoms with Gasteiger partial charge in [-0.3, -0.25) is 0 Å². The maximum absolute atomic E-state index is 13.4. The quantitative estimate of drug-likeness (QED) is 0.482. The maximum Gasteiger partial charge on any atom is 0.285 e. The van der Waals surface area contributed by atoms with Crippen LogP contribution in [0, 0.1) is 0 Å². The third kappa shape index (κ3) is 3.34. The summed E-state index contributed by atoms with van der Waals surface area (Å²) in [4.78, 5) is 4.08. The first-order chi connectivity index (χ1) is 13.5. The minimum absolute atomic E-state index is 0.0489. The third-order valence-corrected chi connectivity index (χ3v) is 6.59. The maximum atomic E-state index is 13.4. The molecule has 0 unspecified atom stereocenters. The lowest BCUT2D eigenvalue weighted by Gasteiger charge is -2.12. The van der Waals surface area contributed by atoms with Crippen molar-refractivity contribution in [3.8, 4) is 0 Å². The van der Waals surface area contributed by atoms with E-state index in [0.717, 1.165) is 16.6 Å². The number of hydrogen-bond donors (Lipinski definition) is 0. The van der Waals surface area contributed by atoms with Crippen LogP contribution in [0.3, 0.4) is 0 Å². The molecule has 0 fully saturated rings. The molecule has 2 aromatic heterocycles. The predicted octanol–water partition coefficient (Wildman–Crippen LogP) is 4.99. The zero-order valence-corrected chi connectivity index (χ0v) is 16.7. The second-order valence-electron chi connectivity index (χ2n) is 7.20. The van der Waals surface area contributed by atoms with Gasteiger partial charge in [0.2, 0.25) is 0 Å². The van der Waals surface area contributed by atoms with Crippen molar-refractivity contribution in [3.63, 3.8) is 0 Å². The SMILES string of the molecule is CC(C)c1ccc(Cc2cc3ccccc3n2S(=O)(=O)c2ccccn2)cc1. The van der Waals surface area contributed by atoms with Gasteiger partial charge < -0.3 is 0 Å². The van der Waals surface area contributed by atoms with E-state index in [2.05, 4.69) is 43.1 Å². The summed E-state index contributed by atoms with van der Waals surface area (Å²) in [6.45, 7) is 4.32. The molecule has 0 aliphatic rings. The van der Waals surface area contributed by atoms with Gasteiger partial charge in [-0.25, -0.2) is 8.96 Å². The molecule has 2 heterocycles. The summed E-state index contributed by atoms with van der Waals surface area (Å²) in [6.07, 6.45) is 2.03. The number of aromatic nitrogens is 2. The summed E-state index contributed by atoms with van der Waals surface area (Å²) in [5.41, 5.74) is 3.74. The Kier molecular flexibility index (Phi) is 4.77. The van der Waals surface area contributed by atoms with Gasteiger partial charge >= 0.3 is 0 Å². The van der Waals surface area contributed by atoms with Gasteiger partial charge in [0.25, 0.3) is 10.0 Å². The molecule has 4 nitrogen and oxygen atoms in total. The van der Waals surface area contributed by atoms with Crippen LogP contribution in [0.25, 0.3) is 10.9 Å². The summed E-state index contributed by atoms with van der Waals surface area (Å²) in [7, 11) is -3.79. The van der Waals surface area contributed by atoms with Crippen LogP contribution in [0.4, 0.5) is 0 Å². The van der Waals surface area contributed by atoms with E-state index in [4.69, 9.17) is 0 Å². The van der Waals surface area contributed by atoms with Gasteiger partial charge in [-0.2, -0.15) is 8.42 Å². The molecule has 0 aliphatic heterocycles. The van der Waals surface area contributed by atoms with E-state index in [1.54, 1.807) is 12.1 Å². The van der Waals surface area contributed by atoms with E-state index in [1.807, 2.05) is 30.3 Å². The van der Waals surface area contributed by atoms with Gasteiger partial charge in [0.05, 0.1) is 5.52 Å². The van der Waals surface area contributed by atoms with Gasteiger partial charge in [0.15, 0.2) is 5.03 Å². The zero-order valence-electron chi connectivity index (χ0n) is 15.9. The van der Waals surface area contributed by atoms with E-state index >= 15 is 0 Å². The number of para-hydroxylation sites is 1. The summed E-state index contributed by atoms with van der Waals surface area (Å²) in [5.74, 6) is 0.463. The molecular formula is C23H22N2O2S. The highest BCUT2D eigenvalue weighted by molar-refractivity contribution is 7.90. The van der Waals surface area contributed by atoms with E-state index < -0.39 is 10.0 Å². The predicted molar refractivity (Wildman–Crippen MR) is 112 cm³/mol. The number of pyridine rings is 1. The fraction of sp³-hybridized carbons (Fsp3) is 0.174. The molecule has 0 atom stereocenters. The van der Waals surface area contributed by atoms with Crippen LogP contribution in [-0.2, 0) is 16.4 Å². The van der Waals surface area contributed by atoms with Gasteiger partial charge in [-0.05, 0) is 41.3 Å². The number of nitrogens with zero attached hydrogens (tertiary/aromatic N) is 2. The highest BCUT2D eigenvalue weighted by Crippen LogP contribution is 2.27. The summed E-state index contributed by atoms with van der Waals surface area (Å²) in [5, 5.41) is 0.948. The Bertz CT molecular complexity index is 1210. The average Bonchev–Trinajstić information content (AvgIpc) is 3.07. The molecular weight excluding hydrogens is 368 g/mol. The Morgan fingerprint density at radius 3 is 2.32 bits per heavy atom. The molecule has 0 bridgehead atoms. The molecule has 2 aromatic carbocycles. The average molecular weight is 391 g/mol. The van der Waals surface area contributed by atoms with E-state index in [0.29, 0.717) is 17.9 Å². The first-order valence-corrected chi connectivity index (χ1v) is 10.8. The normalized spacial score (nSPS) is 12.0. The van der Waals surface area contributed by atoms with Crippen molar-refractivity contribution in [1.29, 1.82) is 0 Å². The van der Waals surface area contributed by atoms with Crippen LogP contribution in [-0.4, -0.2) is 17.4 Å². The molecule has 0 spiro atoms. The third-order valence-electron chi connectivity index (χ3n) is 4.91. The smallest absolute Gasteiger partial charge is 0.243 e. The molecule has 0 N–H and O–H groups in total. The molecule has 0 saturated carbocycles. The van der Waals surface area contributed by atoms with Crippen LogP contribution in [0.5, 0.6) is 0 Å². The van der Waals surface area contributed by atoms with E-state index in [1.165, 1.54) is 21.8 Å². The molecule has 4 rings (SSSR count). The Morgan fingerprint density at radius 1 is 0.929 bits per heavy atom. The Hall–Kier alpha value is -2.92. The largest absolute Gasteiger partial charge is 0.285 e. The summed E-state index contributed by atoms with van der Waals surface area (Å²) < 4.78 is 28.2.